The predicted octanol–water partition coefficient (Wildman–Crippen LogP) is 2.16. The summed E-state index contributed by atoms with van der Waals surface area (Å²) in [7, 11) is 0. The molecule has 1 aromatic carbocycles. The van der Waals surface area contributed by atoms with Crippen LogP contribution in [0.15, 0.2) is 36.8 Å². The number of rotatable bonds is 2. The molecular weight excluding hydrogens is 207 g/mol. The summed E-state index contributed by atoms with van der Waals surface area (Å²) in [4.78, 5) is 19.5. The van der Waals surface area contributed by atoms with E-state index in [2.05, 4.69) is 9.97 Å². The Morgan fingerprint density at radius 3 is 2.75 bits per heavy atom. The van der Waals surface area contributed by atoms with Gasteiger partial charge in [-0.3, -0.25) is 4.79 Å². The summed E-state index contributed by atoms with van der Waals surface area (Å²) in [5.74, 6) is -0.551. The number of aromatic nitrogens is 2. The van der Waals surface area contributed by atoms with Gasteiger partial charge in [0.15, 0.2) is 0 Å². The summed E-state index contributed by atoms with van der Waals surface area (Å²) in [5, 5.41) is 0. The predicted molar refractivity (Wildman–Crippen MR) is 56.6 cm³/mol. The molecule has 1 heterocycles. The van der Waals surface area contributed by atoms with Crippen molar-refractivity contribution in [3.05, 3.63) is 59.4 Å². The zero-order chi connectivity index (χ0) is 11.5. The van der Waals surface area contributed by atoms with Crippen molar-refractivity contribution >= 4 is 5.78 Å². The van der Waals surface area contributed by atoms with E-state index >= 15 is 0 Å². The number of aryl methyl sites for hydroxylation is 1. The molecule has 3 nitrogen and oxygen atoms in total. The van der Waals surface area contributed by atoms with Crippen LogP contribution in [0.4, 0.5) is 4.39 Å². The molecule has 0 atom stereocenters. The lowest BCUT2D eigenvalue weighted by molar-refractivity contribution is 0.103. The van der Waals surface area contributed by atoms with Gasteiger partial charge >= 0.3 is 0 Å². The highest BCUT2D eigenvalue weighted by molar-refractivity contribution is 6.07. The minimum absolute atomic E-state index is 0.231. The molecule has 2 aromatic rings. The van der Waals surface area contributed by atoms with E-state index < -0.39 is 0 Å². The van der Waals surface area contributed by atoms with Crippen LogP contribution in [0.5, 0.6) is 0 Å². The van der Waals surface area contributed by atoms with E-state index in [0.29, 0.717) is 16.8 Å². The zero-order valence-corrected chi connectivity index (χ0v) is 8.64. The SMILES string of the molecule is Cc1cc(C(=O)c2ccncn2)ccc1F. The van der Waals surface area contributed by atoms with Crippen molar-refractivity contribution in [1.29, 1.82) is 0 Å². The fourth-order valence-corrected chi connectivity index (χ4v) is 1.36. The Bertz CT molecular complexity index is 526. The molecule has 0 saturated heterocycles. The van der Waals surface area contributed by atoms with E-state index in [1.807, 2.05) is 0 Å². The van der Waals surface area contributed by atoms with Crippen molar-refractivity contribution in [3.8, 4) is 0 Å². The second-order valence-electron chi connectivity index (χ2n) is 3.39. The summed E-state index contributed by atoms with van der Waals surface area (Å²) < 4.78 is 13.0. The summed E-state index contributed by atoms with van der Waals surface area (Å²) in [6.07, 6.45) is 2.81. The number of hydrogen-bond donors (Lipinski definition) is 0. The molecule has 4 heteroatoms. The molecule has 0 aliphatic heterocycles. The summed E-state index contributed by atoms with van der Waals surface area (Å²) in [5.41, 5.74) is 1.18. The molecule has 80 valence electrons. The number of carbonyl (C=O) groups is 1. The van der Waals surface area contributed by atoms with Gasteiger partial charge in [-0.2, -0.15) is 0 Å². The van der Waals surface area contributed by atoms with E-state index in [4.69, 9.17) is 0 Å². The maximum absolute atomic E-state index is 13.0. The van der Waals surface area contributed by atoms with E-state index in [9.17, 15) is 9.18 Å². The van der Waals surface area contributed by atoms with E-state index in [1.54, 1.807) is 6.92 Å². The molecular formula is C12H9FN2O. The molecule has 16 heavy (non-hydrogen) atoms. The topological polar surface area (TPSA) is 42.9 Å². The number of nitrogens with zero attached hydrogens (tertiary/aromatic N) is 2. The van der Waals surface area contributed by atoms with Gasteiger partial charge in [0, 0.05) is 11.8 Å². The molecule has 0 spiro atoms. The zero-order valence-electron chi connectivity index (χ0n) is 8.64. The van der Waals surface area contributed by atoms with Gasteiger partial charge in [0.25, 0.3) is 0 Å². The van der Waals surface area contributed by atoms with Crippen LogP contribution in [0.3, 0.4) is 0 Å². The molecule has 0 amide bonds. The molecule has 2 rings (SSSR count). The highest BCUT2D eigenvalue weighted by atomic mass is 19.1. The molecule has 0 aliphatic rings. The Balaban J connectivity index is 2.39. The van der Waals surface area contributed by atoms with Gasteiger partial charge in [-0.05, 0) is 36.8 Å². The fourth-order valence-electron chi connectivity index (χ4n) is 1.36. The van der Waals surface area contributed by atoms with Crippen molar-refractivity contribution in [2.45, 2.75) is 6.92 Å². The van der Waals surface area contributed by atoms with E-state index in [0.717, 1.165) is 0 Å². The largest absolute Gasteiger partial charge is 0.287 e. The number of ketones is 1. The second-order valence-corrected chi connectivity index (χ2v) is 3.39. The Hall–Kier alpha value is -2.10. The summed E-state index contributed by atoms with van der Waals surface area (Å²) in [6, 6.07) is 5.78. The highest BCUT2D eigenvalue weighted by Crippen LogP contribution is 2.12. The van der Waals surface area contributed by atoms with Crippen LogP contribution in [0.2, 0.25) is 0 Å². The third-order valence-electron chi connectivity index (χ3n) is 2.23. The average Bonchev–Trinajstić information content (AvgIpc) is 2.33. The summed E-state index contributed by atoms with van der Waals surface area (Å²) >= 11 is 0. The number of benzene rings is 1. The standard InChI is InChI=1S/C12H9FN2O/c1-8-6-9(2-3-10(8)13)12(16)11-4-5-14-7-15-11/h2-7H,1H3. The van der Waals surface area contributed by atoms with Crippen LogP contribution in [0.25, 0.3) is 0 Å². The lowest BCUT2D eigenvalue weighted by Gasteiger charge is -2.01. The third kappa shape index (κ3) is 1.95. The van der Waals surface area contributed by atoms with E-state index in [-0.39, 0.29) is 11.6 Å². The molecule has 0 fully saturated rings. The second kappa shape index (κ2) is 4.18. The van der Waals surface area contributed by atoms with Crippen LogP contribution in [-0.2, 0) is 0 Å². The minimum atomic E-state index is -0.320. The number of hydrogen-bond acceptors (Lipinski definition) is 3. The first-order valence-electron chi connectivity index (χ1n) is 4.75. The van der Waals surface area contributed by atoms with Crippen LogP contribution < -0.4 is 0 Å². The quantitative estimate of drug-likeness (QED) is 0.722. The van der Waals surface area contributed by atoms with Gasteiger partial charge in [0.2, 0.25) is 5.78 Å². The Kier molecular flexibility index (Phi) is 2.72. The maximum atomic E-state index is 13.0. The van der Waals surface area contributed by atoms with Crippen LogP contribution in [0.1, 0.15) is 21.6 Å². The van der Waals surface area contributed by atoms with Crippen molar-refractivity contribution in [1.82, 2.24) is 9.97 Å². The number of halogens is 1. The molecule has 0 aliphatic carbocycles. The van der Waals surface area contributed by atoms with Crippen molar-refractivity contribution < 1.29 is 9.18 Å². The maximum Gasteiger partial charge on any atom is 0.211 e. The molecule has 0 bridgehead atoms. The monoisotopic (exact) mass is 216 g/mol. The van der Waals surface area contributed by atoms with Crippen LogP contribution in [-0.4, -0.2) is 15.8 Å². The smallest absolute Gasteiger partial charge is 0.211 e. The van der Waals surface area contributed by atoms with Crippen molar-refractivity contribution in [2.75, 3.05) is 0 Å². The highest BCUT2D eigenvalue weighted by Gasteiger charge is 2.11. The lowest BCUT2D eigenvalue weighted by Crippen LogP contribution is -2.04. The third-order valence-corrected chi connectivity index (χ3v) is 2.23. The minimum Gasteiger partial charge on any atom is -0.287 e. The molecule has 0 N–H and O–H groups in total. The first-order valence-corrected chi connectivity index (χ1v) is 4.75. The van der Waals surface area contributed by atoms with Crippen LogP contribution in [0, 0.1) is 12.7 Å². The molecule has 0 saturated carbocycles. The van der Waals surface area contributed by atoms with Crippen LogP contribution >= 0.6 is 0 Å². The van der Waals surface area contributed by atoms with Crippen molar-refractivity contribution in [2.24, 2.45) is 0 Å². The molecule has 0 radical (unpaired) electrons. The van der Waals surface area contributed by atoms with Crippen molar-refractivity contribution in [3.63, 3.8) is 0 Å². The Labute approximate surface area is 92.0 Å². The Morgan fingerprint density at radius 1 is 1.31 bits per heavy atom. The van der Waals surface area contributed by atoms with Gasteiger partial charge in [0.05, 0.1) is 0 Å². The first kappa shape index (κ1) is 10.4. The molecule has 0 unspecified atom stereocenters. The van der Waals surface area contributed by atoms with Gasteiger partial charge in [-0.25, -0.2) is 14.4 Å². The van der Waals surface area contributed by atoms with Gasteiger partial charge in [0.1, 0.15) is 17.8 Å². The average molecular weight is 216 g/mol. The van der Waals surface area contributed by atoms with Gasteiger partial charge < -0.3 is 0 Å². The summed E-state index contributed by atoms with van der Waals surface area (Å²) in [6.45, 7) is 1.62. The normalized spacial score (nSPS) is 10.1. The van der Waals surface area contributed by atoms with Gasteiger partial charge in [-0.15, -0.1) is 0 Å². The molecule has 1 aromatic heterocycles. The first-order chi connectivity index (χ1) is 7.68. The van der Waals surface area contributed by atoms with Gasteiger partial charge in [-0.1, -0.05) is 0 Å². The Morgan fingerprint density at radius 2 is 2.12 bits per heavy atom. The number of carbonyl (C=O) groups excluding carboxylic acids is 1. The van der Waals surface area contributed by atoms with E-state index in [1.165, 1.54) is 36.8 Å². The fraction of sp³-hybridized carbons (Fsp3) is 0.0833. The lowest BCUT2D eigenvalue weighted by atomic mass is 10.1.